The minimum Gasteiger partial charge on any atom is -0.471 e. The van der Waals surface area contributed by atoms with E-state index in [1.165, 1.54) is 0 Å². The van der Waals surface area contributed by atoms with E-state index in [0.717, 1.165) is 6.54 Å². The van der Waals surface area contributed by atoms with Gasteiger partial charge >= 0.3 is 0 Å². The average molecular weight is 97.1 g/mol. The molecule has 0 aromatic rings. The molecule has 0 fully saturated rings. The molecule has 7 heavy (non-hydrogen) atoms. The summed E-state index contributed by atoms with van der Waals surface area (Å²) in [7, 11) is 0. The Labute approximate surface area is 42.5 Å². The molecule has 2 heteroatoms. The van der Waals surface area contributed by atoms with Gasteiger partial charge in [-0.1, -0.05) is 0 Å². The van der Waals surface area contributed by atoms with E-state index in [1.807, 2.05) is 6.08 Å². The lowest BCUT2D eigenvalue weighted by Crippen LogP contribution is -2.01. The van der Waals surface area contributed by atoms with Crippen LogP contribution in [-0.4, -0.2) is 6.54 Å². The van der Waals surface area contributed by atoms with E-state index in [9.17, 15) is 0 Å². The minimum atomic E-state index is 0.858. The summed E-state index contributed by atoms with van der Waals surface area (Å²) in [4.78, 5) is 0. The first kappa shape index (κ1) is 4.24. The normalized spacial score (nSPS) is 17.1. The lowest BCUT2D eigenvalue weighted by Gasteiger charge is -1.83. The molecule has 0 radical (unpaired) electrons. The van der Waals surface area contributed by atoms with Crippen LogP contribution < -0.4 is 5.32 Å². The van der Waals surface area contributed by atoms with Crippen LogP contribution in [0.2, 0.25) is 0 Å². The molecule has 0 spiro atoms. The van der Waals surface area contributed by atoms with Gasteiger partial charge in [0, 0.05) is 12.7 Å². The SMILES string of the molecule is C1=COC=CNC1. The van der Waals surface area contributed by atoms with E-state index < -0.39 is 0 Å². The summed E-state index contributed by atoms with van der Waals surface area (Å²) >= 11 is 0. The van der Waals surface area contributed by atoms with Gasteiger partial charge in [0.2, 0.25) is 0 Å². The Morgan fingerprint density at radius 3 is 3.43 bits per heavy atom. The second kappa shape index (κ2) is 2.29. The standard InChI is InChI=1S/C5H7NO/c1-2-6-3-5-7-4-1/h1,3-6H,2H2. The number of hydrogen-bond donors (Lipinski definition) is 1. The van der Waals surface area contributed by atoms with E-state index >= 15 is 0 Å². The van der Waals surface area contributed by atoms with E-state index in [-0.39, 0.29) is 0 Å². The van der Waals surface area contributed by atoms with Gasteiger partial charge in [-0.05, 0) is 6.08 Å². The third kappa shape index (κ3) is 1.30. The molecule has 0 amide bonds. The molecule has 1 aliphatic heterocycles. The zero-order valence-electron chi connectivity index (χ0n) is 3.92. The van der Waals surface area contributed by atoms with Crippen LogP contribution in [-0.2, 0) is 4.74 Å². The van der Waals surface area contributed by atoms with Crippen molar-refractivity contribution >= 4 is 0 Å². The molecule has 0 bridgehead atoms. The van der Waals surface area contributed by atoms with Crippen molar-refractivity contribution in [3.8, 4) is 0 Å². The van der Waals surface area contributed by atoms with Gasteiger partial charge in [-0.3, -0.25) is 0 Å². The Balaban J connectivity index is 2.38. The Morgan fingerprint density at radius 2 is 2.43 bits per heavy atom. The number of nitrogens with one attached hydrogen (secondary N) is 1. The molecule has 0 saturated carbocycles. The molecular weight excluding hydrogens is 90.1 g/mol. The smallest absolute Gasteiger partial charge is 0.106 e. The van der Waals surface area contributed by atoms with Crippen molar-refractivity contribution in [3.05, 3.63) is 24.8 Å². The van der Waals surface area contributed by atoms with Gasteiger partial charge < -0.3 is 10.1 Å². The van der Waals surface area contributed by atoms with E-state index in [2.05, 4.69) is 5.32 Å². The predicted octanol–water partition coefficient (Wildman–Crippen LogP) is 0.591. The summed E-state index contributed by atoms with van der Waals surface area (Å²) in [6.45, 7) is 0.858. The van der Waals surface area contributed by atoms with Crippen molar-refractivity contribution in [3.63, 3.8) is 0 Å². The highest BCUT2D eigenvalue weighted by molar-refractivity contribution is 4.86. The van der Waals surface area contributed by atoms with Crippen LogP contribution in [0.5, 0.6) is 0 Å². The van der Waals surface area contributed by atoms with E-state index in [4.69, 9.17) is 4.74 Å². The lowest BCUT2D eigenvalue weighted by atomic mass is 10.6. The van der Waals surface area contributed by atoms with Crippen molar-refractivity contribution in [2.24, 2.45) is 0 Å². The largest absolute Gasteiger partial charge is 0.471 e. The second-order valence-corrected chi connectivity index (χ2v) is 1.22. The van der Waals surface area contributed by atoms with Gasteiger partial charge in [0.05, 0.1) is 6.26 Å². The fraction of sp³-hybridized carbons (Fsp3) is 0.200. The number of rotatable bonds is 0. The monoisotopic (exact) mass is 97.1 g/mol. The van der Waals surface area contributed by atoms with Crippen LogP contribution in [0.4, 0.5) is 0 Å². The quantitative estimate of drug-likeness (QED) is 0.477. The Kier molecular flexibility index (Phi) is 1.39. The molecule has 0 saturated heterocycles. The van der Waals surface area contributed by atoms with Crippen molar-refractivity contribution < 1.29 is 4.74 Å². The van der Waals surface area contributed by atoms with Crippen LogP contribution in [0.25, 0.3) is 0 Å². The lowest BCUT2D eigenvalue weighted by molar-refractivity contribution is 0.403. The molecule has 1 N–H and O–H groups in total. The summed E-state index contributed by atoms with van der Waals surface area (Å²) in [5.41, 5.74) is 0. The molecule has 0 aliphatic carbocycles. The van der Waals surface area contributed by atoms with Gasteiger partial charge in [0.25, 0.3) is 0 Å². The Bertz CT molecular complexity index is 84.3. The van der Waals surface area contributed by atoms with E-state index in [0.29, 0.717) is 0 Å². The summed E-state index contributed by atoms with van der Waals surface area (Å²) in [5, 5.41) is 2.95. The van der Waals surface area contributed by atoms with Crippen molar-refractivity contribution in [2.45, 2.75) is 0 Å². The average Bonchev–Trinajstić information content (AvgIpc) is 1.90. The highest BCUT2D eigenvalue weighted by atomic mass is 16.5. The maximum Gasteiger partial charge on any atom is 0.106 e. The van der Waals surface area contributed by atoms with Crippen LogP contribution >= 0.6 is 0 Å². The zero-order valence-corrected chi connectivity index (χ0v) is 3.92. The van der Waals surface area contributed by atoms with Gasteiger partial charge in [-0.2, -0.15) is 0 Å². The first-order valence-electron chi connectivity index (χ1n) is 2.19. The summed E-state index contributed by atoms with van der Waals surface area (Å²) in [6, 6.07) is 0. The maximum atomic E-state index is 4.77. The van der Waals surface area contributed by atoms with Crippen LogP contribution in [0.3, 0.4) is 0 Å². The Morgan fingerprint density at radius 1 is 1.43 bits per heavy atom. The topological polar surface area (TPSA) is 21.3 Å². The molecule has 1 heterocycles. The first-order chi connectivity index (χ1) is 3.50. The molecule has 1 rings (SSSR count). The van der Waals surface area contributed by atoms with Gasteiger partial charge in [0.1, 0.15) is 6.26 Å². The van der Waals surface area contributed by atoms with Gasteiger partial charge in [-0.25, -0.2) is 0 Å². The van der Waals surface area contributed by atoms with Crippen molar-refractivity contribution in [1.29, 1.82) is 0 Å². The first-order valence-corrected chi connectivity index (χ1v) is 2.19. The van der Waals surface area contributed by atoms with Crippen LogP contribution in [0, 0.1) is 0 Å². The molecule has 38 valence electrons. The molecule has 1 aliphatic rings. The van der Waals surface area contributed by atoms with Crippen molar-refractivity contribution in [1.82, 2.24) is 5.32 Å². The summed E-state index contributed by atoms with van der Waals surface area (Å²) < 4.78 is 4.77. The second-order valence-electron chi connectivity index (χ2n) is 1.22. The number of hydrogen-bond acceptors (Lipinski definition) is 2. The van der Waals surface area contributed by atoms with Crippen molar-refractivity contribution in [2.75, 3.05) is 6.54 Å². The number of ether oxygens (including phenoxy) is 1. The van der Waals surface area contributed by atoms with E-state index in [1.54, 1.807) is 18.7 Å². The molecule has 0 aromatic carbocycles. The van der Waals surface area contributed by atoms with Crippen LogP contribution in [0.15, 0.2) is 24.8 Å². The van der Waals surface area contributed by atoms with Gasteiger partial charge in [-0.15, -0.1) is 0 Å². The minimum absolute atomic E-state index is 0.858. The van der Waals surface area contributed by atoms with Crippen LogP contribution in [0.1, 0.15) is 0 Å². The zero-order chi connectivity index (χ0) is 4.95. The molecule has 0 unspecified atom stereocenters. The van der Waals surface area contributed by atoms with Gasteiger partial charge in [0.15, 0.2) is 0 Å². The molecule has 0 atom stereocenters. The molecule has 0 aromatic heterocycles. The maximum absolute atomic E-state index is 4.77. The molecular formula is C5H7NO. The third-order valence-corrected chi connectivity index (χ3v) is 0.675. The Hall–Kier alpha value is -0.920. The third-order valence-electron chi connectivity index (χ3n) is 0.675. The fourth-order valence-electron chi connectivity index (χ4n) is 0.373. The summed E-state index contributed by atoms with van der Waals surface area (Å²) in [6.07, 6.45) is 6.92. The predicted molar refractivity (Wildman–Crippen MR) is 27.4 cm³/mol. The molecule has 2 nitrogen and oxygen atoms in total. The fourth-order valence-corrected chi connectivity index (χ4v) is 0.373. The highest BCUT2D eigenvalue weighted by Crippen LogP contribution is 1.81. The highest BCUT2D eigenvalue weighted by Gasteiger charge is 1.76. The summed E-state index contributed by atoms with van der Waals surface area (Å²) in [5.74, 6) is 0.